The predicted molar refractivity (Wildman–Crippen MR) is 118 cm³/mol. The van der Waals surface area contributed by atoms with Gasteiger partial charge in [0.25, 0.3) is 0 Å². The standard InChI is InChI=1S/C25H27F2N3O2/c1-16(2)29(24(31)18-8-7-9-18)15-21-17(3)28-30(20-10-5-4-6-11-20)25(21)32-23-13-12-19(26)14-22(23)27/h4-6,10-14,16,18H,7-9,15H2,1-3H3. The van der Waals surface area contributed by atoms with E-state index in [0.717, 1.165) is 37.1 Å². The highest BCUT2D eigenvalue weighted by molar-refractivity contribution is 5.80. The van der Waals surface area contributed by atoms with Crippen molar-refractivity contribution in [1.82, 2.24) is 14.7 Å². The van der Waals surface area contributed by atoms with Crippen molar-refractivity contribution in [3.63, 3.8) is 0 Å². The molecular formula is C25H27F2N3O2. The van der Waals surface area contributed by atoms with E-state index in [0.29, 0.717) is 23.7 Å². The molecule has 0 saturated heterocycles. The molecule has 4 rings (SSSR count). The van der Waals surface area contributed by atoms with Crippen LogP contribution in [0.3, 0.4) is 0 Å². The Kier molecular flexibility index (Phi) is 6.26. The van der Waals surface area contributed by atoms with Gasteiger partial charge in [0.1, 0.15) is 5.82 Å². The van der Waals surface area contributed by atoms with Gasteiger partial charge in [-0.15, -0.1) is 0 Å². The number of rotatable bonds is 7. The van der Waals surface area contributed by atoms with Crippen LogP contribution in [-0.2, 0) is 11.3 Å². The van der Waals surface area contributed by atoms with Gasteiger partial charge in [-0.3, -0.25) is 4.79 Å². The van der Waals surface area contributed by atoms with E-state index in [-0.39, 0.29) is 23.6 Å². The van der Waals surface area contributed by atoms with E-state index in [4.69, 9.17) is 4.74 Å². The summed E-state index contributed by atoms with van der Waals surface area (Å²) in [6.45, 7) is 6.10. The molecule has 1 amide bonds. The Morgan fingerprint density at radius 3 is 2.50 bits per heavy atom. The number of aryl methyl sites for hydroxylation is 1. The lowest BCUT2D eigenvalue weighted by Gasteiger charge is -2.34. The highest BCUT2D eigenvalue weighted by Gasteiger charge is 2.32. The van der Waals surface area contributed by atoms with Crippen molar-refractivity contribution >= 4 is 5.91 Å². The smallest absolute Gasteiger partial charge is 0.228 e. The van der Waals surface area contributed by atoms with Crippen molar-refractivity contribution in [2.45, 2.75) is 52.6 Å². The molecule has 2 aromatic carbocycles. The number of benzene rings is 2. The molecule has 3 aromatic rings. The van der Waals surface area contributed by atoms with Gasteiger partial charge in [-0.1, -0.05) is 24.6 Å². The minimum Gasteiger partial charge on any atom is -0.435 e. The van der Waals surface area contributed by atoms with Gasteiger partial charge in [-0.2, -0.15) is 5.10 Å². The molecule has 1 aromatic heterocycles. The molecule has 1 aliphatic carbocycles. The summed E-state index contributed by atoms with van der Waals surface area (Å²) in [7, 11) is 0. The molecule has 5 nitrogen and oxygen atoms in total. The fraction of sp³-hybridized carbons (Fsp3) is 0.360. The lowest BCUT2D eigenvalue weighted by Crippen LogP contribution is -2.42. The minimum atomic E-state index is -0.805. The Morgan fingerprint density at radius 2 is 1.91 bits per heavy atom. The molecule has 0 aliphatic heterocycles. The summed E-state index contributed by atoms with van der Waals surface area (Å²) in [4.78, 5) is 14.9. The number of ether oxygens (including phenoxy) is 1. The van der Waals surface area contributed by atoms with Crippen LogP contribution in [0.1, 0.15) is 44.4 Å². The van der Waals surface area contributed by atoms with Crippen LogP contribution in [-0.4, -0.2) is 26.6 Å². The number of hydrogen-bond donors (Lipinski definition) is 0. The second kappa shape index (κ2) is 9.10. The number of nitrogens with zero attached hydrogens (tertiary/aromatic N) is 3. The third-order valence-electron chi connectivity index (χ3n) is 5.93. The van der Waals surface area contributed by atoms with Crippen molar-refractivity contribution in [3.8, 4) is 17.3 Å². The fourth-order valence-electron chi connectivity index (χ4n) is 3.81. The zero-order valence-electron chi connectivity index (χ0n) is 18.5. The molecule has 0 bridgehead atoms. The monoisotopic (exact) mass is 439 g/mol. The van der Waals surface area contributed by atoms with Crippen molar-refractivity contribution in [2.24, 2.45) is 5.92 Å². The molecule has 0 N–H and O–H groups in total. The molecule has 0 unspecified atom stereocenters. The topological polar surface area (TPSA) is 47.4 Å². The first-order valence-corrected chi connectivity index (χ1v) is 10.9. The third kappa shape index (κ3) is 4.38. The van der Waals surface area contributed by atoms with E-state index in [1.165, 1.54) is 6.07 Å². The van der Waals surface area contributed by atoms with E-state index in [9.17, 15) is 13.6 Å². The van der Waals surface area contributed by atoms with Gasteiger partial charge in [0.15, 0.2) is 11.6 Å². The SMILES string of the molecule is Cc1nn(-c2ccccc2)c(Oc2ccc(F)cc2F)c1CN(C(=O)C1CCC1)C(C)C. The van der Waals surface area contributed by atoms with Gasteiger partial charge in [0, 0.05) is 18.0 Å². The van der Waals surface area contributed by atoms with E-state index < -0.39 is 11.6 Å². The molecule has 1 saturated carbocycles. The summed E-state index contributed by atoms with van der Waals surface area (Å²) in [5.74, 6) is -1.10. The molecule has 0 radical (unpaired) electrons. The van der Waals surface area contributed by atoms with Crippen LogP contribution in [0, 0.1) is 24.5 Å². The first-order valence-electron chi connectivity index (χ1n) is 10.9. The normalized spacial score (nSPS) is 13.8. The van der Waals surface area contributed by atoms with Crippen LogP contribution in [0.2, 0.25) is 0 Å². The van der Waals surface area contributed by atoms with E-state index in [2.05, 4.69) is 5.10 Å². The summed E-state index contributed by atoms with van der Waals surface area (Å²) < 4.78 is 35.4. The number of aromatic nitrogens is 2. The highest BCUT2D eigenvalue weighted by atomic mass is 19.1. The van der Waals surface area contributed by atoms with Crippen molar-refractivity contribution in [2.75, 3.05) is 0 Å². The summed E-state index contributed by atoms with van der Waals surface area (Å²) in [6, 6.07) is 12.5. The van der Waals surface area contributed by atoms with Gasteiger partial charge in [-0.05, 0) is 57.9 Å². The van der Waals surface area contributed by atoms with Gasteiger partial charge < -0.3 is 9.64 Å². The molecule has 1 aliphatic rings. The number of carbonyl (C=O) groups excluding carboxylic acids is 1. The van der Waals surface area contributed by atoms with Gasteiger partial charge in [0.05, 0.1) is 23.5 Å². The Hall–Kier alpha value is -3.22. The second-order valence-electron chi connectivity index (χ2n) is 8.48. The summed E-state index contributed by atoms with van der Waals surface area (Å²) in [5.41, 5.74) is 2.11. The van der Waals surface area contributed by atoms with Crippen molar-refractivity contribution in [3.05, 3.63) is 71.4 Å². The Bertz CT molecular complexity index is 1110. The van der Waals surface area contributed by atoms with Crippen LogP contribution in [0.4, 0.5) is 8.78 Å². The van der Waals surface area contributed by atoms with E-state index in [1.54, 1.807) is 4.68 Å². The zero-order valence-corrected chi connectivity index (χ0v) is 18.5. The maximum atomic E-state index is 14.4. The molecule has 1 heterocycles. The maximum Gasteiger partial charge on any atom is 0.228 e. The van der Waals surface area contributed by atoms with Gasteiger partial charge in [0.2, 0.25) is 11.8 Å². The summed E-state index contributed by atoms with van der Waals surface area (Å²) >= 11 is 0. The highest BCUT2D eigenvalue weighted by Crippen LogP contribution is 2.35. The van der Waals surface area contributed by atoms with Crippen LogP contribution in [0.25, 0.3) is 5.69 Å². The molecule has 7 heteroatoms. The molecule has 32 heavy (non-hydrogen) atoms. The number of para-hydroxylation sites is 1. The first kappa shape index (κ1) is 22.0. The van der Waals surface area contributed by atoms with Gasteiger partial charge >= 0.3 is 0 Å². The van der Waals surface area contributed by atoms with Crippen molar-refractivity contribution < 1.29 is 18.3 Å². The lowest BCUT2D eigenvalue weighted by molar-refractivity contribution is -0.140. The second-order valence-corrected chi connectivity index (χ2v) is 8.48. The fourth-order valence-corrected chi connectivity index (χ4v) is 3.81. The molecular weight excluding hydrogens is 412 g/mol. The van der Waals surface area contributed by atoms with Crippen LogP contribution < -0.4 is 4.74 Å². The van der Waals surface area contributed by atoms with Crippen LogP contribution in [0.15, 0.2) is 48.5 Å². The Morgan fingerprint density at radius 1 is 1.19 bits per heavy atom. The Balaban J connectivity index is 1.77. The average Bonchev–Trinajstić information content (AvgIpc) is 3.02. The third-order valence-corrected chi connectivity index (χ3v) is 5.93. The average molecular weight is 440 g/mol. The summed E-state index contributed by atoms with van der Waals surface area (Å²) in [5, 5.41) is 4.63. The van der Waals surface area contributed by atoms with E-state index >= 15 is 0 Å². The summed E-state index contributed by atoms with van der Waals surface area (Å²) in [6.07, 6.45) is 2.90. The number of carbonyl (C=O) groups is 1. The molecule has 168 valence electrons. The quantitative estimate of drug-likeness (QED) is 0.468. The molecule has 0 spiro atoms. The van der Waals surface area contributed by atoms with Crippen LogP contribution in [0.5, 0.6) is 11.6 Å². The van der Waals surface area contributed by atoms with Crippen molar-refractivity contribution in [1.29, 1.82) is 0 Å². The lowest BCUT2D eigenvalue weighted by atomic mass is 9.84. The first-order chi connectivity index (χ1) is 15.3. The minimum absolute atomic E-state index is 0.0158. The Labute approximate surface area is 186 Å². The number of halogens is 2. The molecule has 1 fully saturated rings. The maximum absolute atomic E-state index is 14.4. The zero-order chi connectivity index (χ0) is 22.8. The molecule has 0 atom stereocenters. The predicted octanol–water partition coefficient (Wildman–Crippen LogP) is 5.79. The number of amides is 1. The number of hydrogen-bond acceptors (Lipinski definition) is 3. The van der Waals surface area contributed by atoms with E-state index in [1.807, 2.05) is 56.0 Å². The largest absolute Gasteiger partial charge is 0.435 e. The van der Waals surface area contributed by atoms with Crippen LogP contribution >= 0.6 is 0 Å². The van der Waals surface area contributed by atoms with Gasteiger partial charge in [-0.25, -0.2) is 13.5 Å².